The minimum Gasteiger partial charge on any atom is -0.335 e. The molecule has 0 bridgehead atoms. The molecule has 0 fully saturated rings. The van der Waals surface area contributed by atoms with E-state index in [0.717, 1.165) is 12.8 Å². The summed E-state index contributed by atoms with van der Waals surface area (Å²) in [6, 6.07) is 0. The van der Waals surface area contributed by atoms with Crippen molar-refractivity contribution in [1.29, 1.82) is 5.41 Å². The van der Waals surface area contributed by atoms with Gasteiger partial charge in [-0.3, -0.25) is 15.0 Å². The van der Waals surface area contributed by atoms with Gasteiger partial charge in [0.05, 0.1) is 17.2 Å². The molecule has 6 nitrogen and oxygen atoms in total. The van der Waals surface area contributed by atoms with E-state index in [1.54, 1.807) is 17.8 Å². The van der Waals surface area contributed by atoms with Gasteiger partial charge in [0, 0.05) is 13.2 Å². The first-order valence-corrected chi connectivity index (χ1v) is 6.01. The van der Waals surface area contributed by atoms with E-state index in [0.29, 0.717) is 29.4 Å². The van der Waals surface area contributed by atoms with Crippen molar-refractivity contribution in [3.63, 3.8) is 0 Å². The Morgan fingerprint density at radius 3 is 3.00 bits per heavy atom. The summed E-state index contributed by atoms with van der Waals surface area (Å²) in [5.41, 5.74) is 2.92. The van der Waals surface area contributed by atoms with Crippen LogP contribution in [-0.4, -0.2) is 23.4 Å². The van der Waals surface area contributed by atoms with Gasteiger partial charge in [-0.15, -0.1) is 0 Å². The van der Waals surface area contributed by atoms with Crippen LogP contribution in [0.1, 0.15) is 25.3 Å². The van der Waals surface area contributed by atoms with Crippen LogP contribution in [0, 0.1) is 5.41 Å². The summed E-state index contributed by atoms with van der Waals surface area (Å²) in [6.45, 7) is 2.56. The number of carbonyl (C=O) groups is 1. The highest BCUT2D eigenvalue weighted by Gasteiger charge is 2.17. The van der Waals surface area contributed by atoms with E-state index in [2.05, 4.69) is 17.7 Å². The fourth-order valence-corrected chi connectivity index (χ4v) is 1.78. The Labute approximate surface area is 111 Å². The molecule has 1 amide bonds. The predicted molar refractivity (Wildman–Crippen MR) is 70.9 cm³/mol. The molecule has 0 aliphatic heterocycles. The van der Waals surface area contributed by atoms with E-state index in [1.165, 1.54) is 0 Å². The zero-order valence-electron chi connectivity index (χ0n) is 10.4. The number of aryl methyl sites for hydroxylation is 1. The molecule has 100 valence electrons. The van der Waals surface area contributed by atoms with Crippen LogP contribution < -0.4 is 10.8 Å². The van der Waals surface area contributed by atoms with Crippen LogP contribution in [0.25, 0.3) is 0 Å². The molecule has 0 atom stereocenters. The largest absolute Gasteiger partial charge is 0.335 e. The maximum Gasteiger partial charge on any atom is 0.212 e. The third kappa shape index (κ3) is 3.48. The molecule has 0 radical (unpaired) electrons. The van der Waals surface area contributed by atoms with E-state index in [1.807, 2.05) is 0 Å². The number of amides is 1. The number of unbranched alkanes of at least 4 members (excludes halogenated alkanes) is 1. The molecule has 1 heterocycles. The average Bonchev–Trinajstić information content (AvgIpc) is 2.60. The van der Waals surface area contributed by atoms with E-state index < -0.39 is 0 Å². The molecule has 7 heteroatoms. The molecule has 0 saturated carbocycles. The number of amidine groups is 1. The van der Waals surface area contributed by atoms with E-state index in [-0.39, 0.29) is 5.84 Å². The normalized spacial score (nSPS) is 10.2. The van der Waals surface area contributed by atoms with Gasteiger partial charge >= 0.3 is 0 Å². The smallest absolute Gasteiger partial charge is 0.212 e. The van der Waals surface area contributed by atoms with Gasteiger partial charge in [-0.2, -0.15) is 0 Å². The lowest BCUT2D eigenvalue weighted by atomic mass is 10.3. The molecule has 18 heavy (non-hydrogen) atoms. The zero-order chi connectivity index (χ0) is 13.5. The van der Waals surface area contributed by atoms with Gasteiger partial charge in [-0.05, 0) is 6.42 Å². The molecule has 1 aromatic rings. The Balaban J connectivity index is 2.74. The Morgan fingerprint density at radius 1 is 1.67 bits per heavy atom. The van der Waals surface area contributed by atoms with Gasteiger partial charge in [-0.25, -0.2) is 5.48 Å². The van der Waals surface area contributed by atoms with Crippen LogP contribution in [0.15, 0.2) is 6.20 Å². The summed E-state index contributed by atoms with van der Waals surface area (Å²) in [5.74, 6) is 0.465. The second-order valence-electron chi connectivity index (χ2n) is 3.75. The molecule has 0 aliphatic rings. The lowest BCUT2D eigenvalue weighted by Crippen LogP contribution is -2.25. The highest BCUT2D eigenvalue weighted by molar-refractivity contribution is 6.35. The first kappa shape index (κ1) is 14.5. The lowest BCUT2D eigenvalue weighted by molar-refractivity contribution is -0.105. The molecule has 1 rings (SSSR count). The molecular weight excluding hydrogens is 256 g/mol. The van der Waals surface area contributed by atoms with Crippen molar-refractivity contribution >= 4 is 29.7 Å². The highest BCUT2D eigenvalue weighted by atomic mass is 35.5. The minimum atomic E-state index is 0.0149. The van der Waals surface area contributed by atoms with Crippen LogP contribution >= 0.6 is 11.6 Å². The molecule has 3 N–H and O–H groups in total. The van der Waals surface area contributed by atoms with Crippen LogP contribution in [0.3, 0.4) is 0 Å². The van der Waals surface area contributed by atoms with E-state index >= 15 is 0 Å². The quantitative estimate of drug-likeness (QED) is 0.233. The van der Waals surface area contributed by atoms with Crippen molar-refractivity contribution in [3.05, 3.63) is 16.8 Å². The number of rotatable bonds is 7. The predicted octanol–water partition coefficient (Wildman–Crippen LogP) is 1.89. The lowest BCUT2D eigenvalue weighted by Gasteiger charge is -2.10. The maximum atomic E-state index is 10.5. The van der Waals surface area contributed by atoms with Crippen LogP contribution in [0.2, 0.25) is 5.02 Å². The van der Waals surface area contributed by atoms with Gasteiger partial charge in [0.25, 0.3) is 0 Å². The molecule has 0 unspecified atom stereocenters. The second-order valence-corrected chi connectivity index (χ2v) is 4.16. The maximum absolute atomic E-state index is 10.5. The monoisotopic (exact) mass is 272 g/mol. The van der Waals surface area contributed by atoms with E-state index in [4.69, 9.17) is 21.8 Å². The molecule has 0 spiro atoms. The van der Waals surface area contributed by atoms with Gasteiger partial charge in [-0.1, -0.05) is 24.9 Å². The van der Waals surface area contributed by atoms with Gasteiger partial charge in [0.15, 0.2) is 5.84 Å². The summed E-state index contributed by atoms with van der Waals surface area (Å²) in [6.07, 6.45) is 4.08. The Bertz CT molecular complexity index is 431. The number of anilines is 1. The Kier molecular flexibility index (Phi) is 5.67. The van der Waals surface area contributed by atoms with Crippen molar-refractivity contribution in [2.24, 2.45) is 7.05 Å². The van der Waals surface area contributed by atoms with Crippen LogP contribution in [0.5, 0.6) is 0 Å². The summed E-state index contributed by atoms with van der Waals surface area (Å²) >= 11 is 6.01. The number of nitrogens with one attached hydrogen (secondary N) is 3. The molecule has 1 aromatic heterocycles. The highest BCUT2D eigenvalue weighted by Crippen LogP contribution is 2.25. The van der Waals surface area contributed by atoms with Crippen LogP contribution in [-0.2, 0) is 16.7 Å². The van der Waals surface area contributed by atoms with Crippen molar-refractivity contribution in [2.75, 3.05) is 11.9 Å². The first-order valence-electron chi connectivity index (χ1n) is 5.63. The number of hydroxylamine groups is 1. The number of nitrogens with zero attached hydrogens (tertiary/aromatic N) is 1. The summed E-state index contributed by atoms with van der Waals surface area (Å²) in [7, 11) is 1.73. The fraction of sp³-hybridized carbons (Fsp3) is 0.455. The number of hydrogen-bond acceptors (Lipinski definition) is 3. The van der Waals surface area contributed by atoms with E-state index in [9.17, 15) is 4.79 Å². The summed E-state index contributed by atoms with van der Waals surface area (Å²) < 4.78 is 1.63. The SMILES string of the molecule is CCCCONC(=N)c1c(Cl)cn(C)c1NC=O. The van der Waals surface area contributed by atoms with Gasteiger partial charge < -0.3 is 9.88 Å². The number of halogens is 1. The molecule has 0 saturated heterocycles. The summed E-state index contributed by atoms with van der Waals surface area (Å²) in [4.78, 5) is 15.6. The van der Waals surface area contributed by atoms with Gasteiger partial charge in [0.2, 0.25) is 6.41 Å². The zero-order valence-corrected chi connectivity index (χ0v) is 11.2. The van der Waals surface area contributed by atoms with Crippen molar-refractivity contribution < 1.29 is 9.63 Å². The number of carbonyl (C=O) groups excluding carboxylic acids is 1. The molecular formula is C11H17ClN4O2. The minimum absolute atomic E-state index is 0.0149. The van der Waals surface area contributed by atoms with Gasteiger partial charge in [0.1, 0.15) is 5.82 Å². The Hall–Kier alpha value is -1.53. The van der Waals surface area contributed by atoms with Crippen LogP contribution in [0.4, 0.5) is 5.82 Å². The topological polar surface area (TPSA) is 79.1 Å². The molecule has 0 aliphatic carbocycles. The van der Waals surface area contributed by atoms with Crippen molar-refractivity contribution in [1.82, 2.24) is 10.0 Å². The van der Waals surface area contributed by atoms with Crippen molar-refractivity contribution in [2.45, 2.75) is 19.8 Å². The third-order valence-corrected chi connectivity index (χ3v) is 2.64. The fourth-order valence-electron chi connectivity index (χ4n) is 1.45. The average molecular weight is 273 g/mol. The number of aromatic nitrogens is 1. The second kappa shape index (κ2) is 7.03. The molecule has 0 aromatic carbocycles. The first-order chi connectivity index (χ1) is 8.61. The number of hydrogen-bond donors (Lipinski definition) is 3. The Morgan fingerprint density at radius 2 is 2.39 bits per heavy atom. The summed E-state index contributed by atoms with van der Waals surface area (Å²) in [5, 5.41) is 10.7. The standard InChI is InChI=1S/C11H17ClN4O2/c1-3-4-5-18-15-10(13)9-8(12)6-16(2)11(9)14-7-17/h6-7H,3-5H2,1-2H3,(H2,13,15)(H,14,17). The van der Waals surface area contributed by atoms with Crippen molar-refractivity contribution in [3.8, 4) is 0 Å². The third-order valence-electron chi connectivity index (χ3n) is 2.36.